The van der Waals surface area contributed by atoms with Gasteiger partial charge in [-0.2, -0.15) is 0 Å². The number of nitro benzene ring substituents is 1. The Kier molecular flexibility index (Phi) is 11.8. The minimum absolute atomic E-state index is 0.0121. The lowest BCUT2D eigenvalue weighted by Gasteiger charge is -2.03. The molecule has 0 bridgehead atoms. The molecule has 0 aromatic heterocycles. The molecule has 0 spiro atoms. The highest BCUT2D eigenvalue weighted by Crippen LogP contribution is 2.12. The molecule has 0 fully saturated rings. The van der Waals surface area contributed by atoms with Crippen molar-refractivity contribution in [1.29, 1.82) is 5.41 Å². The van der Waals surface area contributed by atoms with Gasteiger partial charge in [0, 0.05) is 24.8 Å². The van der Waals surface area contributed by atoms with Crippen molar-refractivity contribution >= 4 is 11.6 Å². The zero-order valence-corrected chi connectivity index (χ0v) is 11.1. The van der Waals surface area contributed by atoms with Crippen LogP contribution in [-0.4, -0.2) is 29.6 Å². The van der Waals surface area contributed by atoms with Crippen LogP contribution in [0, 0.1) is 15.5 Å². The number of aliphatic hydroxyl groups is 1. The zero-order valence-electron chi connectivity index (χ0n) is 11.1. The molecule has 2 N–H and O–H groups in total. The molecule has 1 aromatic carbocycles. The second-order valence-electron chi connectivity index (χ2n) is 2.57. The number of non-ortho nitro benzene ring substituents is 1. The van der Waals surface area contributed by atoms with Crippen molar-refractivity contribution in [2.75, 3.05) is 13.7 Å². The number of nitro groups is 1. The molecule has 0 aliphatic rings. The van der Waals surface area contributed by atoms with Crippen molar-refractivity contribution in [1.82, 2.24) is 0 Å². The van der Waals surface area contributed by atoms with Crippen LogP contribution in [-0.2, 0) is 4.74 Å². The van der Waals surface area contributed by atoms with Crippen LogP contribution in [0.25, 0.3) is 0 Å². The van der Waals surface area contributed by atoms with Crippen LogP contribution in [0.2, 0.25) is 0 Å². The number of nitrogens with zero attached hydrogens (tertiary/aromatic N) is 1. The smallest absolute Gasteiger partial charge is 0.269 e. The molecule has 0 unspecified atom stereocenters. The fraction of sp³-hybridized carbons (Fsp3) is 0.417. The molecule has 0 aliphatic heterocycles. The van der Waals surface area contributed by atoms with E-state index in [1.807, 2.05) is 13.8 Å². The Morgan fingerprint density at radius 3 is 2.11 bits per heavy atom. The van der Waals surface area contributed by atoms with Crippen molar-refractivity contribution in [3.8, 4) is 0 Å². The van der Waals surface area contributed by atoms with Gasteiger partial charge in [0.25, 0.3) is 5.69 Å². The summed E-state index contributed by atoms with van der Waals surface area (Å²) >= 11 is 0. The number of hydrogen-bond donors (Lipinski definition) is 2. The summed E-state index contributed by atoms with van der Waals surface area (Å²) in [5.41, 5.74) is 0.551. The largest absolute Gasteiger partial charge is 0.478 e. The second-order valence-corrected chi connectivity index (χ2v) is 2.57. The molecule has 6 nitrogen and oxygen atoms in total. The number of rotatable bonds is 3. The molecule has 6 heteroatoms. The molecule has 0 saturated carbocycles. The van der Waals surface area contributed by atoms with E-state index in [9.17, 15) is 10.1 Å². The normalized spacial score (nSPS) is 8.06. The van der Waals surface area contributed by atoms with Gasteiger partial charge in [-0.3, -0.25) is 15.5 Å². The van der Waals surface area contributed by atoms with Crippen molar-refractivity contribution in [3.05, 3.63) is 39.9 Å². The van der Waals surface area contributed by atoms with E-state index in [0.29, 0.717) is 12.2 Å². The van der Waals surface area contributed by atoms with Gasteiger partial charge in [-0.15, -0.1) is 0 Å². The Hall–Kier alpha value is -1.95. The van der Waals surface area contributed by atoms with E-state index in [4.69, 9.17) is 15.3 Å². The zero-order chi connectivity index (χ0) is 14.6. The Labute approximate surface area is 107 Å². The minimum atomic E-state index is -0.478. The summed E-state index contributed by atoms with van der Waals surface area (Å²) < 4.78 is 4.94. The van der Waals surface area contributed by atoms with E-state index in [0.717, 1.165) is 7.11 Å². The Morgan fingerprint density at radius 2 is 1.78 bits per heavy atom. The first-order valence-electron chi connectivity index (χ1n) is 5.56. The SMILES string of the molecule is CC.CCOC(=N)c1ccc([N+](=O)[O-])cc1.CO. The predicted molar refractivity (Wildman–Crippen MR) is 71.0 cm³/mol. The molecule has 0 amide bonds. The monoisotopic (exact) mass is 256 g/mol. The molecule has 102 valence electrons. The molecular weight excluding hydrogens is 236 g/mol. The fourth-order valence-corrected chi connectivity index (χ4v) is 0.962. The third kappa shape index (κ3) is 6.59. The summed E-state index contributed by atoms with van der Waals surface area (Å²) in [4.78, 5) is 9.85. The first-order chi connectivity index (χ1) is 8.65. The predicted octanol–water partition coefficient (Wildman–Crippen LogP) is 2.59. The van der Waals surface area contributed by atoms with Gasteiger partial charge in [0.05, 0.1) is 11.5 Å². The van der Waals surface area contributed by atoms with Gasteiger partial charge in [0.2, 0.25) is 5.90 Å². The van der Waals surface area contributed by atoms with Crippen LogP contribution >= 0.6 is 0 Å². The van der Waals surface area contributed by atoms with E-state index in [1.165, 1.54) is 24.3 Å². The van der Waals surface area contributed by atoms with Gasteiger partial charge in [0.15, 0.2) is 0 Å². The summed E-state index contributed by atoms with van der Waals surface area (Å²) in [5, 5.41) is 24.7. The number of nitrogens with one attached hydrogen (secondary N) is 1. The van der Waals surface area contributed by atoms with Gasteiger partial charge < -0.3 is 9.84 Å². The van der Waals surface area contributed by atoms with Crippen LogP contribution in [0.3, 0.4) is 0 Å². The van der Waals surface area contributed by atoms with E-state index in [1.54, 1.807) is 6.92 Å². The van der Waals surface area contributed by atoms with Crippen molar-refractivity contribution in [2.45, 2.75) is 20.8 Å². The van der Waals surface area contributed by atoms with Crippen LogP contribution in [0.15, 0.2) is 24.3 Å². The van der Waals surface area contributed by atoms with Crippen LogP contribution < -0.4 is 0 Å². The Morgan fingerprint density at radius 1 is 1.33 bits per heavy atom. The topological polar surface area (TPSA) is 96.5 Å². The highest BCUT2D eigenvalue weighted by atomic mass is 16.6. The Bertz CT molecular complexity index is 350. The highest BCUT2D eigenvalue weighted by Gasteiger charge is 2.06. The maximum Gasteiger partial charge on any atom is 0.269 e. The molecule has 1 aromatic rings. The van der Waals surface area contributed by atoms with Crippen LogP contribution in [0.5, 0.6) is 0 Å². The van der Waals surface area contributed by atoms with Crippen molar-refractivity contribution in [2.24, 2.45) is 0 Å². The summed E-state index contributed by atoms with van der Waals surface area (Å²) in [6.45, 7) is 6.19. The van der Waals surface area contributed by atoms with Gasteiger partial charge in [-0.05, 0) is 19.1 Å². The lowest BCUT2D eigenvalue weighted by Crippen LogP contribution is -2.04. The van der Waals surface area contributed by atoms with Gasteiger partial charge >= 0.3 is 0 Å². The molecule has 0 aliphatic carbocycles. The number of aliphatic hydroxyl groups excluding tert-OH is 1. The third-order valence-corrected chi connectivity index (χ3v) is 1.63. The second kappa shape index (κ2) is 11.5. The first-order valence-corrected chi connectivity index (χ1v) is 5.56. The van der Waals surface area contributed by atoms with Crippen LogP contribution in [0.1, 0.15) is 26.3 Å². The lowest BCUT2D eigenvalue weighted by atomic mass is 10.2. The fourth-order valence-electron chi connectivity index (χ4n) is 0.962. The number of hydrogen-bond acceptors (Lipinski definition) is 5. The van der Waals surface area contributed by atoms with Crippen molar-refractivity contribution < 1.29 is 14.8 Å². The van der Waals surface area contributed by atoms with E-state index < -0.39 is 4.92 Å². The molecular formula is C12H20N2O4. The lowest BCUT2D eigenvalue weighted by molar-refractivity contribution is -0.384. The van der Waals surface area contributed by atoms with E-state index in [-0.39, 0.29) is 11.6 Å². The summed E-state index contributed by atoms with van der Waals surface area (Å²) in [6, 6.07) is 5.69. The standard InChI is InChI=1S/C9H10N2O3.C2H6.CH4O/c1-2-14-9(10)7-3-5-8(6-4-7)11(12)13;2*1-2/h3-6,10H,2H2,1H3;1-2H3;2H,1H3. The molecule has 0 saturated heterocycles. The summed E-state index contributed by atoms with van der Waals surface area (Å²) in [6.07, 6.45) is 0. The van der Waals surface area contributed by atoms with Crippen LogP contribution in [0.4, 0.5) is 5.69 Å². The molecule has 0 heterocycles. The summed E-state index contributed by atoms with van der Waals surface area (Å²) in [5.74, 6) is 0.0300. The minimum Gasteiger partial charge on any atom is -0.478 e. The molecule has 1 rings (SSSR count). The maximum absolute atomic E-state index is 10.3. The first kappa shape index (κ1) is 18.4. The number of ether oxygens (including phenoxy) is 1. The van der Waals surface area contributed by atoms with E-state index >= 15 is 0 Å². The quantitative estimate of drug-likeness (QED) is 0.376. The Balaban J connectivity index is 0. The number of benzene rings is 1. The molecule has 0 radical (unpaired) electrons. The van der Waals surface area contributed by atoms with Gasteiger partial charge in [-0.1, -0.05) is 13.8 Å². The van der Waals surface area contributed by atoms with Gasteiger partial charge in [0.1, 0.15) is 0 Å². The average Bonchev–Trinajstić information content (AvgIpc) is 2.43. The maximum atomic E-state index is 10.3. The highest BCUT2D eigenvalue weighted by molar-refractivity contribution is 5.91. The van der Waals surface area contributed by atoms with Gasteiger partial charge in [-0.25, -0.2) is 0 Å². The summed E-state index contributed by atoms with van der Waals surface area (Å²) in [7, 11) is 1.00. The average molecular weight is 256 g/mol. The molecule has 18 heavy (non-hydrogen) atoms. The third-order valence-electron chi connectivity index (χ3n) is 1.63. The van der Waals surface area contributed by atoms with E-state index in [2.05, 4.69) is 0 Å². The van der Waals surface area contributed by atoms with Crippen molar-refractivity contribution in [3.63, 3.8) is 0 Å². The molecule has 0 atom stereocenters.